The first-order valence-electron chi connectivity index (χ1n) is 15.3. The molecule has 5 aromatic rings. The van der Waals surface area contributed by atoms with Gasteiger partial charge in [0.05, 0.1) is 30.0 Å². The molecule has 0 spiro atoms. The molecule has 2 amide bonds. The number of aromatic nitrogens is 1. The molecule has 1 heterocycles. The SMILES string of the molecule is CCCN(CCCOc1ccc(NC(=O)c2ccccc2Oc2ccccc2)cn1)C(=O)C1c2ccccc2-c2ccccc21. The Morgan fingerprint density at radius 3 is 2.13 bits per heavy atom. The number of nitrogens with one attached hydrogen (secondary N) is 1. The molecule has 0 saturated carbocycles. The summed E-state index contributed by atoms with van der Waals surface area (Å²) in [7, 11) is 0. The molecule has 1 aliphatic rings. The van der Waals surface area contributed by atoms with E-state index in [1.165, 1.54) is 0 Å². The highest BCUT2D eigenvalue weighted by molar-refractivity contribution is 6.06. The molecule has 0 fully saturated rings. The summed E-state index contributed by atoms with van der Waals surface area (Å²) in [6.07, 6.45) is 3.11. The van der Waals surface area contributed by atoms with Crippen LogP contribution in [0.2, 0.25) is 0 Å². The Bertz CT molecular complexity index is 1730. The maximum Gasteiger partial charge on any atom is 0.259 e. The zero-order chi connectivity index (χ0) is 31.0. The van der Waals surface area contributed by atoms with Crippen LogP contribution in [0.15, 0.2) is 121 Å². The molecule has 6 rings (SSSR count). The molecule has 1 aromatic heterocycles. The first-order chi connectivity index (χ1) is 22.1. The van der Waals surface area contributed by atoms with Gasteiger partial charge in [-0.1, -0.05) is 85.8 Å². The maximum absolute atomic E-state index is 13.9. The average Bonchev–Trinajstić information content (AvgIpc) is 3.42. The van der Waals surface area contributed by atoms with E-state index in [4.69, 9.17) is 9.47 Å². The Kier molecular flexibility index (Phi) is 9.16. The molecule has 7 nitrogen and oxygen atoms in total. The third-order valence-corrected chi connectivity index (χ3v) is 7.81. The largest absolute Gasteiger partial charge is 0.478 e. The van der Waals surface area contributed by atoms with E-state index >= 15 is 0 Å². The molecule has 0 unspecified atom stereocenters. The van der Waals surface area contributed by atoms with Crippen LogP contribution < -0.4 is 14.8 Å². The van der Waals surface area contributed by atoms with Crippen LogP contribution in [0.3, 0.4) is 0 Å². The fourth-order valence-corrected chi connectivity index (χ4v) is 5.74. The van der Waals surface area contributed by atoms with Gasteiger partial charge in [-0.2, -0.15) is 0 Å². The van der Waals surface area contributed by atoms with Crippen molar-refractivity contribution in [2.24, 2.45) is 0 Å². The smallest absolute Gasteiger partial charge is 0.259 e. The van der Waals surface area contributed by atoms with Crippen molar-refractivity contribution in [1.82, 2.24) is 9.88 Å². The summed E-state index contributed by atoms with van der Waals surface area (Å²) in [5, 5.41) is 2.88. The van der Waals surface area contributed by atoms with E-state index in [1.807, 2.05) is 65.6 Å². The van der Waals surface area contributed by atoms with Crippen LogP contribution in [0, 0.1) is 0 Å². The number of para-hydroxylation sites is 2. The lowest BCUT2D eigenvalue weighted by molar-refractivity contribution is -0.132. The van der Waals surface area contributed by atoms with E-state index < -0.39 is 0 Å². The number of hydrogen-bond acceptors (Lipinski definition) is 5. The fraction of sp³-hybridized carbons (Fsp3) is 0.184. The molecule has 45 heavy (non-hydrogen) atoms. The fourth-order valence-electron chi connectivity index (χ4n) is 5.74. The van der Waals surface area contributed by atoms with Gasteiger partial charge in [0.15, 0.2) is 0 Å². The number of ether oxygens (including phenoxy) is 2. The molecule has 0 saturated heterocycles. The number of nitrogens with zero attached hydrogens (tertiary/aromatic N) is 2. The summed E-state index contributed by atoms with van der Waals surface area (Å²) in [5.41, 5.74) is 5.38. The number of hydrogen-bond donors (Lipinski definition) is 1. The predicted molar refractivity (Wildman–Crippen MR) is 176 cm³/mol. The molecule has 0 atom stereocenters. The quantitative estimate of drug-likeness (QED) is 0.148. The van der Waals surface area contributed by atoms with Gasteiger partial charge >= 0.3 is 0 Å². The molecule has 7 heteroatoms. The third-order valence-electron chi connectivity index (χ3n) is 7.81. The van der Waals surface area contributed by atoms with Gasteiger partial charge in [0.25, 0.3) is 5.91 Å². The summed E-state index contributed by atoms with van der Waals surface area (Å²) in [4.78, 5) is 33.3. The van der Waals surface area contributed by atoms with E-state index in [9.17, 15) is 9.59 Å². The summed E-state index contributed by atoms with van der Waals surface area (Å²) in [6, 6.07) is 36.3. The number of benzene rings is 4. The Balaban J connectivity index is 1.03. The highest BCUT2D eigenvalue weighted by Gasteiger charge is 2.35. The molecule has 0 bridgehead atoms. The Labute approximate surface area is 263 Å². The lowest BCUT2D eigenvalue weighted by Gasteiger charge is -2.26. The monoisotopic (exact) mass is 597 g/mol. The van der Waals surface area contributed by atoms with Crippen LogP contribution in [0.4, 0.5) is 5.69 Å². The number of carbonyl (C=O) groups excluding carboxylic acids is 2. The molecule has 0 radical (unpaired) electrons. The van der Waals surface area contributed by atoms with Crippen LogP contribution in [-0.4, -0.2) is 41.4 Å². The van der Waals surface area contributed by atoms with Gasteiger partial charge in [0.1, 0.15) is 11.5 Å². The normalized spacial score (nSPS) is 11.8. The van der Waals surface area contributed by atoms with E-state index in [0.29, 0.717) is 54.7 Å². The minimum atomic E-state index is -0.301. The van der Waals surface area contributed by atoms with E-state index in [0.717, 1.165) is 28.7 Å². The van der Waals surface area contributed by atoms with Gasteiger partial charge in [0.2, 0.25) is 11.8 Å². The lowest BCUT2D eigenvalue weighted by Crippen LogP contribution is -2.37. The summed E-state index contributed by atoms with van der Waals surface area (Å²) < 4.78 is 11.8. The van der Waals surface area contributed by atoms with Crippen molar-refractivity contribution in [3.63, 3.8) is 0 Å². The van der Waals surface area contributed by atoms with Crippen molar-refractivity contribution in [2.75, 3.05) is 25.0 Å². The summed E-state index contributed by atoms with van der Waals surface area (Å²) in [5.74, 6) is 1.11. The van der Waals surface area contributed by atoms with Crippen molar-refractivity contribution in [2.45, 2.75) is 25.7 Å². The van der Waals surface area contributed by atoms with Gasteiger partial charge in [-0.05, 0) is 65.4 Å². The number of carbonyl (C=O) groups is 2. The minimum Gasteiger partial charge on any atom is -0.478 e. The van der Waals surface area contributed by atoms with Crippen molar-refractivity contribution in [3.05, 3.63) is 138 Å². The molecular weight excluding hydrogens is 562 g/mol. The van der Waals surface area contributed by atoms with Gasteiger partial charge in [-0.25, -0.2) is 4.98 Å². The molecule has 4 aromatic carbocycles. The number of rotatable bonds is 12. The highest BCUT2D eigenvalue weighted by atomic mass is 16.5. The zero-order valence-corrected chi connectivity index (χ0v) is 25.2. The predicted octanol–water partition coefficient (Wildman–Crippen LogP) is 7.95. The second-order valence-electron chi connectivity index (χ2n) is 10.9. The Hall–Kier alpha value is -5.43. The Morgan fingerprint density at radius 2 is 1.44 bits per heavy atom. The lowest BCUT2D eigenvalue weighted by atomic mass is 9.95. The third kappa shape index (κ3) is 6.73. The molecule has 0 aliphatic heterocycles. The number of amides is 2. The van der Waals surface area contributed by atoms with E-state index in [2.05, 4.69) is 41.5 Å². The Morgan fingerprint density at radius 1 is 0.778 bits per heavy atom. The van der Waals surface area contributed by atoms with Crippen LogP contribution in [0.5, 0.6) is 17.4 Å². The second-order valence-corrected chi connectivity index (χ2v) is 10.9. The summed E-state index contributed by atoms with van der Waals surface area (Å²) >= 11 is 0. The maximum atomic E-state index is 13.9. The minimum absolute atomic E-state index is 0.128. The van der Waals surface area contributed by atoms with Crippen molar-refractivity contribution < 1.29 is 19.1 Å². The van der Waals surface area contributed by atoms with Crippen molar-refractivity contribution in [1.29, 1.82) is 0 Å². The average molecular weight is 598 g/mol. The van der Waals surface area contributed by atoms with Gasteiger partial charge in [-0.15, -0.1) is 0 Å². The number of fused-ring (bicyclic) bond motifs is 3. The van der Waals surface area contributed by atoms with Gasteiger partial charge in [-0.3, -0.25) is 9.59 Å². The summed E-state index contributed by atoms with van der Waals surface area (Å²) in [6.45, 7) is 3.78. The highest BCUT2D eigenvalue weighted by Crippen LogP contribution is 2.45. The zero-order valence-electron chi connectivity index (χ0n) is 25.2. The molecular formula is C38H35N3O4. The number of anilines is 1. The number of pyridine rings is 1. The standard InChI is InChI=1S/C38H35N3O4/c1-2-23-41(38(43)36-31-17-8-6-15-29(31)30-16-7-9-18-32(30)36)24-12-25-44-35-22-21-27(26-39-35)40-37(42)33-19-10-11-20-34(33)45-28-13-4-3-5-14-28/h3-11,13-22,26,36H,2,12,23-25H2,1H3,(H,40,42). The van der Waals surface area contributed by atoms with Crippen molar-refractivity contribution >= 4 is 17.5 Å². The topological polar surface area (TPSA) is 80.8 Å². The molecule has 226 valence electrons. The van der Waals surface area contributed by atoms with Gasteiger partial charge < -0.3 is 19.7 Å². The van der Waals surface area contributed by atoms with Crippen LogP contribution in [-0.2, 0) is 4.79 Å². The van der Waals surface area contributed by atoms with E-state index in [-0.39, 0.29) is 17.7 Å². The van der Waals surface area contributed by atoms with Crippen LogP contribution in [0.1, 0.15) is 47.2 Å². The molecule has 1 aliphatic carbocycles. The first kappa shape index (κ1) is 29.6. The second kappa shape index (κ2) is 13.9. The van der Waals surface area contributed by atoms with Gasteiger partial charge in [0, 0.05) is 19.2 Å². The van der Waals surface area contributed by atoms with E-state index in [1.54, 1.807) is 36.5 Å². The van der Waals surface area contributed by atoms with Crippen molar-refractivity contribution in [3.8, 4) is 28.5 Å². The van der Waals surface area contributed by atoms with Crippen LogP contribution >= 0.6 is 0 Å². The van der Waals surface area contributed by atoms with Crippen LogP contribution in [0.25, 0.3) is 11.1 Å². The molecule has 1 N–H and O–H groups in total. The first-order valence-corrected chi connectivity index (χ1v) is 15.3.